The molecule has 0 aliphatic heterocycles. The molecular weight excluding hydrogens is 222 g/mol. The lowest BCUT2D eigenvalue weighted by molar-refractivity contribution is 0.761. The molecule has 0 radical (unpaired) electrons. The van der Waals surface area contributed by atoms with E-state index in [9.17, 15) is 4.79 Å². The van der Waals surface area contributed by atoms with Crippen molar-refractivity contribution < 1.29 is 0 Å². The highest BCUT2D eigenvalue weighted by Crippen LogP contribution is 2.27. The first-order valence-electron chi connectivity index (χ1n) is 5.29. The van der Waals surface area contributed by atoms with Gasteiger partial charge in [0, 0.05) is 4.88 Å². The number of thiophene rings is 1. The van der Waals surface area contributed by atoms with Crippen LogP contribution in [0.4, 0.5) is 0 Å². The van der Waals surface area contributed by atoms with Crippen molar-refractivity contribution in [2.75, 3.05) is 7.05 Å². The summed E-state index contributed by atoms with van der Waals surface area (Å²) >= 11 is 1.60. The average molecular weight is 237 g/mol. The lowest BCUT2D eigenvalue weighted by Crippen LogP contribution is -2.15. The zero-order valence-electron chi connectivity index (χ0n) is 9.63. The monoisotopic (exact) mass is 237 g/mol. The lowest BCUT2D eigenvalue weighted by atomic mass is 10.2. The molecule has 0 bridgehead atoms. The molecule has 0 saturated heterocycles. The van der Waals surface area contributed by atoms with E-state index >= 15 is 0 Å². The standard InChI is InChI=1S/C11H15N3OS/c1-6(2)8-4-7-10(15)13-9(5-12-3)14-11(7)16-8/h4,6,12H,5H2,1-3H3,(H,13,14,15). The SMILES string of the molecule is CNCc1nc2sc(C(C)C)cc2c(=O)[nH]1. The maximum atomic E-state index is 11.8. The Labute approximate surface area is 97.7 Å². The minimum Gasteiger partial charge on any atom is -0.313 e. The van der Waals surface area contributed by atoms with Gasteiger partial charge in [-0.3, -0.25) is 4.79 Å². The van der Waals surface area contributed by atoms with E-state index in [1.807, 2.05) is 13.1 Å². The minimum atomic E-state index is -0.0431. The van der Waals surface area contributed by atoms with Gasteiger partial charge in [-0.05, 0) is 19.0 Å². The van der Waals surface area contributed by atoms with Crippen LogP contribution < -0.4 is 10.9 Å². The van der Waals surface area contributed by atoms with Crippen LogP contribution in [0.1, 0.15) is 30.5 Å². The van der Waals surface area contributed by atoms with Crippen molar-refractivity contribution in [3.8, 4) is 0 Å². The molecule has 2 aromatic rings. The Morgan fingerprint density at radius 2 is 2.31 bits per heavy atom. The summed E-state index contributed by atoms with van der Waals surface area (Å²) in [5.74, 6) is 1.13. The Balaban J connectivity index is 2.59. The first-order chi connectivity index (χ1) is 7.61. The summed E-state index contributed by atoms with van der Waals surface area (Å²) in [5, 5.41) is 3.68. The number of H-pyrrole nitrogens is 1. The molecule has 2 aromatic heterocycles. The van der Waals surface area contributed by atoms with Crippen LogP contribution in [0.15, 0.2) is 10.9 Å². The highest BCUT2D eigenvalue weighted by molar-refractivity contribution is 7.18. The van der Waals surface area contributed by atoms with E-state index in [2.05, 4.69) is 29.1 Å². The third kappa shape index (κ3) is 2.01. The molecule has 0 fully saturated rings. The maximum Gasteiger partial charge on any atom is 0.259 e. The first kappa shape index (κ1) is 11.3. The Bertz CT molecular complexity index is 556. The van der Waals surface area contributed by atoms with Gasteiger partial charge in [0.05, 0.1) is 11.9 Å². The van der Waals surface area contributed by atoms with Crippen LogP contribution in [-0.4, -0.2) is 17.0 Å². The summed E-state index contributed by atoms with van der Waals surface area (Å²) in [6.45, 7) is 4.82. The summed E-state index contributed by atoms with van der Waals surface area (Å²) in [7, 11) is 1.83. The molecule has 0 amide bonds. The van der Waals surface area contributed by atoms with Crippen LogP contribution in [0, 0.1) is 0 Å². The maximum absolute atomic E-state index is 11.8. The van der Waals surface area contributed by atoms with Gasteiger partial charge in [-0.1, -0.05) is 13.8 Å². The van der Waals surface area contributed by atoms with E-state index in [0.29, 0.717) is 23.7 Å². The van der Waals surface area contributed by atoms with Gasteiger partial charge in [0.2, 0.25) is 0 Å². The molecule has 2 N–H and O–H groups in total. The number of rotatable bonds is 3. The molecule has 4 nitrogen and oxygen atoms in total. The molecule has 2 heterocycles. The minimum absolute atomic E-state index is 0.0431. The van der Waals surface area contributed by atoms with Gasteiger partial charge in [0.15, 0.2) is 0 Å². The normalized spacial score (nSPS) is 11.5. The molecule has 5 heteroatoms. The van der Waals surface area contributed by atoms with Crippen LogP contribution in [0.2, 0.25) is 0 Å². The fraction of sp³-hybridized carbons (Fsp3) is 0.455. The number of nitrogens with zero attached hydrogens (tertiary/aromatic N) is 1. The van der Waals surface area contributed by atoms with Crippen LogP contribution in [0.25, 0.3) is 10.2 Å². The second-order valence-corrected chi connectivity index (χ2v) is 5.13. The number of aromatic nitrogens is 2. The first-order valence-corrected chi connectivity index (χ1v) is 6.10. The molecule has 0 unspecified atom stereocenters. The van der Waals surface area contributed by atoms with Crippen molar-refractivity contribution in [2.45, 2.75) is 26.3 Å². The van der Waals surface area contributed by atoms with Gasteiger partial charge in [-0.15, -0.1) is 11.3 Å². The fourth-order valence-corrected chi connectivity index (χ4v) is 2.58. The van der Waals surface area contributed by atoms with Crippen LogP contribution in [0.5, 0.6) is 0 Å². The van der Waals surface area contributed by atoms with Gasteiger partial charge < -0.3 is 10.3 Å². The fourth-order valence-electron chi connectivity index (χ4n) is 1.53. The third-order valence-electron chi connectivity index (χ3n) is 2.38. The van der Waals surface area contributed by atoms with Gasteiger partial charge in [0.1, 0.15) is 10.7 Å². The summed E-state index contributed by atoms with van der Waals surface area (Å²) in [5.41, 5.74) is -0.0431. The molecule has 0 spiro atoms. The van der Waals surface area contributed by atoms with Crippen molar-refractivity contribution in [3.05, 3.63) is 27.1 Å². The van der Waals surface area contributed by atoms with Crippen LogP contribution in [0.3, 0.4) is 0 Å². The molecule has 0 aliphatic carbocycles. The molecule has 86 valence electrons. The lowest BCUT2D eigenvalue weighted by Gasteiger charge is -1.98. The quantitative estimate of drug-likeness (QED) is 0.856. The van der Waals surface area contributed by atoms with Crippen molar-refractivity contribution in [3.63, 3.8) is 0 Å². The Morgan fingerprint density at radius 3 is 2.94 bits per heavy atom. The number of fused-ring (bicyclic) bond motifs is 1. The topological polar surface area (TPSA) is 57.8 Å². The molecule has 2 rings (SSSR count). The molecule has 0 aliphatic rings. The molecule has 0 aromatic carbocycles. The van der Waals surface area contributed by atoms with Crippen molar-refractivity contribution in [1.82, 2.24) is 15.3 Å². The van der Waals surface area contributed by atoms with Gasteiger partial charge in [-0.25, -0.2) is 4.98 Å². The Morgan fingerprint density at radius 1 is 1.56 bits per heavy atom. The third-order valence-corrected chi connectivity index (χ3v) is 3.71. The molecule has 0 atom stereocenters. The van der Waals surface area contributed by atoms with E-state index < -0.39 is 0 Å². The van der Waals surface area contributed by atoms with Crippen molar-refractivity contribution in [1.29, 1.82) is 0 Å². The number of hydrogen-bond acceptors (Lipinski definition) is 4. The summed E-state index contributed by atoms with van der Waals surface area (Å²) in [6.07, 6.45) is 0. The predicted molar refractivity (Wildman–Crippen MR) is 67.1 cm³/mol. The van der Waals surface area contributed by atoms with Crippen LogP contribution >= 0.6 is 11.3 Å². The molecular formula is C11H15N3OS. The predicted octanol–water partition coefficient (Wildman–Crippen LogP) is 1.83. The Kier molecular flexibility index (Phi) is 3.07. The van der Waals surface area contributed by atoms with E-state index in [1.165, 1.54) is 4.88 Å². The van der Waals surface area contributed by atoms with Crippen molar-refractivity contribution >= 4 is 21.6 Å². The van der Waals surface area contributed by atoms with E-state index in [1.54, 1.807) is 11.3 Å². The highest BCUT2D eigenvalue weighted by atomic mass is 32.1. The smallest absolute Gasteiger partial charge is 0.259 e. The summed E-state index contributed by atoms with van der Waals surface area (Å²) in [6, 6.07) is 1.94. The van der Waals surface area contributed by atoms with Gasteiger partial charge in [0.25, 0.3) is 5.56 Å². The molecule has 0 saturated carbocycles. The van der Waals surface area contributed by atoms with E-state index in [0.717, 1.165) is 4.83 Å². The van der Waals surface area contributed by atoms with Gasteiger partial charge in [-0.2, -0.15) is 0 Å². The second kappa shape index (κ2) is 4.35. The summed E-state index contributed by atoms with van der Waals surface area (Å²) in [4.78, 5) is 21.0. The van der Waals surface area contributed by atoms with Crippen LogP contribution in [-0.2, 0) is 6.54 Å². The van der Waals surface area contributed by atoms with Crippen molar-refractivity contribution in [2.24, 2.45) is 0 Å². The molecule has 16 heavy (non-hydrogen) atoms. The summed E-state index contributed by atoms with van der Waals surface area (Å²) < 4.78 is 0. The van der Waals surface area contributed by atoms with Gasteiger partial charge >= 0.3 is 0 Å². The number of hydrogen-bond donors (Lipinski definition) is 2. The Hall–Kier alpha value is -1.20. The largest absolute Gasteiger partial charge is 0.313 e. The number of aromatic amines is 1. The second-order valence-electron chi connectivity index (χ2n) is 4.07. The van der Waals surface area contributed by atoms with E-state index in [-0.39, 0.29) is 5.56 Å². The number of nitrogens with one attached hydrogen (secondary N) is 2. The average Bonchev–Trinajstić information content (AvgIpc) is 2.62. The highest BCUT2D eigenvalue weighted by Gasteiger charge is 2.10. The zero-order valence-corrected chi connectivity index (χ0v) is 10.4. The van der Waals surface area contributed by atoms with E-state index in [4.69, 9.17) is 0 Å². The zero-order chi connectivity index (χ0) is 11.7.